The maximum atomic E-state index is 12.2. The van der Waals surface area contributed by atoms with Crippen molar-refractivity contribution in [2.24, 2.45) is 21.9 Å². The number of para-hydroxylation sites is 1. The Kier molecular flexibility index (Phi) is 2.96. The summed E-state index contributed by atoms with van der Waals surface area (Å²) in [5, 5.41) is 5.12. The first-order chi connectivity index (χ1) is 10.9. The molecular formula is C19H21NO3. The van der Waals surface area contributed by atoms with E-state index in [0.717, 1.165) is 23.9 Å². The lowest BCUT2D eigenvalue weighted by molar-refractivity contribution is 0.0474. The molecule has 2 atom stereocenters. The van der Waals surface area contributed by atoms with E-state index in [-0.39, 0.29) is 16.6 Å². The lowest BCUT2D eigenvalue weighted by atomic mass is 9.70. The SMILES string of the molecule is CC1(C)[C@H]2CC[C@]1(C)/C(=N/OC(=O)c1cc3ccccc3o1)C2. The molecule has 2 aliphatic carbocycles. The number of benzene rings is 1. The molecule has 2 aliphatic rings. The normalized spacial score (nSPS) is 30.2. The Hall–Kier alpha value is -2.10. The fourth-order valence-electron chi connectivity index (χ4n) is 4.29. The predicted octanol–water partition coefficient (Wildman–Crippen LogP) is 4.79. The number of hydrogen-bond donors (Lipinski definition) is 0. The van der Waals surface area contributed by atoms with E-state index in [1.165, 1.54) is 6.42 Å². The summed E-state index contributed by atoms with van der Waals surface area (Å²) in [6.45, 7) is 6.84. The predicted molar refractivity (Wildman–Crippen MR) is 88.3 cm³/mol. The second-order valence-electron chi connectivity index (χ2n) is 7.56. The van der Waals surface area contributed by atoms with Gasteiger partial charge in [-0.1, -0.05) is 44.1 Å². The maximum absolute atomic E-state index is 12.2. The molecule has 1 heterocycles. The summed E-state index contributed by atoms with van der Waals surface area (Å²) in [5.41, 5.74) is 1.95. The quantitative estimate of drug-likeness (QED) is 0.592. The lowest BCUT2D eigenvalue weighted by Gasteiger charge is -2.34. The number of nitrogens with zero attached hydrogens (tertiary/aromatic N) is 1. The third-order valence-electron chi connectivity index (χ3n) is 6.38. The van der Waals surface area contributed by atoms with Crippen molar-refractivity contribution >= 4 is 22.7 Å². The molecule has 2 bridgehead atoms. The molecule has 4 rings (SSSR count). The highest BCUT2D eigenvalue weighted by Gasteiger charge is 2.60. The van der Waals surface area contributed by atoms with Crippen molar-refractivity contribution in [3.05, 3.63) is 36.1 Å². The van der Waals surface area contributed by atoms with Crippen molar-refractivity contribution in [1.82, 2.24) is 0 Å². The first kappa shape index (κ1) is 14.5. The van der Waals surface area contributed by atoms with Crippen LogP contribution in [0.4, 0.5) is 0 Å². The van der Waals surface area contributed by atoms with E-state index >= 15 is 0 Å². The van der Waals surface area contributed by atoms with Crippen LogP contribution >= 0.6 is 0 Å². The molecule has 0 N–H and O–H groups in total. The van der Waals surface area contributed by atoms with Crippen LogP contribution in [0.25, 0.3) is 11.0 Å². The van der Waals surface area contributed by atoms with E-state index in [9.17, 15) is 4.79 Å². The molecule has 0 saturated heterocycles. The van der Waals surface area contributed by atoms with Gasteiger partial charge in [-0.3, -0.25) is 0 Å². The summed E-state index contributed by atoms with van der Waals surface area (Å²) in [4.78, 5) is 17.4. The second kappa shape index (κ2) is 4.70. The average molecular weight is 311 g/mol. The summed E-state index contributed by atoms with van der Waals surface area (Å²) < 4.78 is 5.53. The van der Waals surface area contributed by atoms with Crippen LogP contribution in [0.15, 0.2) is 39.9 Å². The summed E-state index contributed by atoms with van der Waals surface area (Å²) in [6.07, 6.45) is 3.28. The minimum atomic E-state index is -0.530. The monoisotopic (exact) mass is 311 g/mol. The van der Waals surface area contributed by atoms with E-state index in [1.54, 1.807) is 6.07 Å². The number of furan rings is 1. The van der Waals surface area contributed by atoms with Gasteiger partial charge >= 0.3 is 5.97 Å². The molecule has 0 unspecified atom stereocenters. The van der Waals surface area contributed by atoms with Gasteiger partial charge in [0, 0.05) is 10.8 Å². The first-order valence-electron chi connectivity index (χ1n) is 8.19. The molecule has 23 heavy (non-hydrogen) atoms. The highest BCUT2D eigenvalue weighted by atomic mass is 16.7. The third kappa shape index (κ3) is 1.97. The molecule has 4 nitrogen and oxygen atoms in total. The third-order valence-corrected chi connectivity index (χ3v) is 6.38. The summed E-state index contributed by atoms with van der Waals surface area (Å²) in [5.74, 6) is 0.303. The lowest BCUT2D eigenvalue weighted by Crippen LogP contribution is -2.32. The number of fused-ring (bicyclic) bond motifs is 3. The van der Waals surface area contributed by atoms with Crippen molar-refractivity contribution in [2.45, 2.75) is 40.0 Å². The molecule has 2 aromatic rings. The molecule has 0 aliphatic heterocycles. The largest absolute Gasteiger partial charge is 0.449 e. The molecule has 4 heteroatoms. The summed E-state index contributed by atoms with van der Waals surface area (Å²) >= 11 is 0. The molecule has 0 spiro atoms. The Morgan fingerprint density at radius 2 is 2.09 bits per heavy atom. The van der Waals surface area contributed by atoms with Crippen LogP contribution in [-0.4, -0.2) is 11.7 Å². The molecule has 1 aromatic carbocycles. The maximum Gasteiger partial charge on any atom is 0.400 e. The Balaban J connectivity index is 1.56. The molecule has 2 saturated carbocycles. The van der Waals surface area contributed by atoms with Gasteiger partial charge in [0.1, 0.15) is 5.58 Å². The van der Waals surface area contributed by atoms with Crippen LogP contribution in [0.2, 0.25) is 0 Å². The molecule has 2 fully saturated rings. The van der Waals surface area contributed by atoms with Crippen LogP contribution in [0, 0.1) is 16.7 Å². The first-order valence-corrected chi connectivity index (χ1v) is 8.19. The van der Waals surface area contributed by atoms with Crippen molar-refractivity contribution in [3.8, 4) is 0 Å². The van der Waals surface area contributed by atoms with Crippen molar-refractivity contribution in [3.63, 3.8) is 0 Å². The standard InChI is InChI=1S/C19H21NO3/c1-18(2)13-8-9-19(18,3)16(11-13)20-23-17(21)15-10-12-6-4-5-7-14(12)22-15/h4-7,10,13H,8-9,11H2,1-3H3/b20-16+/t13-,19+/m0/s1. The smallest absolute Gasteiger partial charge is 0.400 e. The second-order valence-corrected chi connectivity index (χ2v) is 7.56. The van der Waals surface area contributed by atoms with Crippen LogP contribution in [0.3, 0.4) is 0 Å². The van der Waals surface area contributed by atoms with Gasteiger partial charge < -0.3 is 9.25 Å². The number of carbonyl (C=O) groups is 1. The van der Waals surface area contributed by atoms with Crippen LogP contribution < -0.4 is 0 Å². The van der Waals surface area contributed by atoms with E-state index in [0.29, 0.717) is 11.5 Å². The Morgan fingerprint density at radius 3 is 2.74 bits per heavy atom. The fourth-order valence-corrected chi connectivity index (χ4v) is 4.29. The van der Waals surface area contributed by atoms with Gasteiger partial charge in [-0.15, -0.1) is 0 Å². The van der Waals surface area contributed by atoms with Gasteiger partial charge in [-0.2, -0.15) is 0 Å². The van der Waals surface area contributed by atoms with Crippen molar-refractivity contribution in [1.29, 1.82) is 0 Å². The summed E-state index contributed by atoms with van der Waals surface area (Å²) in [6, 6.07) is 9.22. The van der Waals surface area contributed by atoms with Crippen molar-refractivity contribution in [2.75, 3.05) is 0 Å². The van der Waals surface area contributed by atoms with Gasteiger partial charge in [-0.05, 0) is 42.7 Å². The number of carbonyl (C=O) groups excluding carboxylic acids is 1. The van der Waals surface area contributed by atoms with Crippen LogP contribution in [-0.2, 0) is 4.84 Å². The zero-order valence-corrected chi connectivity index (χ0v) is 13.8. The number of oxime groups is 1. The highest BCUT2D eigenvalue weighted by Crippen LogP contribution is 2.64. The Labute approximate surface area is 135 Å². The molecule has 0 radical (unpaired) electrons. The molecule has 120 valence electrons. The number of rotatable bonds is 2. The Bertz CT molecular complexity index is 784. The minimum absolute atomic E-state index is 0.0336. The van der Waals surface area contributed by atoms with Crippen molar-refractivity contribution < 1.29 is 14.0 Å². The highest BCUT2D eigenvalue weighted by molar-refractivity contribution is 5.96. The van der Waals surface area contributed by atoms with Crippen LogP contribution in [0.5, 0.6) is 0 Å². The Morgan fingerprint density at radius 1 is 1.30 bits per heavy atom. The number of hydrogen-bond acceptors (Lipinski definition) is 4. The zero-order chi connectivity index (χ0) is 16.2. The van der Waals surface area contributed by atoms with E-state index in [4.69, 9.17) is 9.25 Å². The van der Waals surface area contributed by atoms with Crippen LogP contribution in [0.1, 0.15) is 50.6 Å². The van der Waals surface area contributed by atoms with E-state index < -0.39 is 5.97 Å². The minimum Gasteiger partial charge on any atom is -0.449 e. The van der Waals surface area contributed by atoms with Gasteiger partial charge in [-0.25, -0.2) is 4.79 Å². The molecular weight excluding hydrogens is 290 g/mol. The average Bonchev–Trinajstić information content (AvgIpc) is 3.11. The van der Waals surface area contributed by atoms with Gasteiger partial charge in [0.25, 0.3) is 0 Å². The topological polar surface area (TPSA) is 51.8 Å². The van der Waals surface area contributed by atoms with Gasteiger partial charge in [0.05, 0.1) is 5.71 Å². The van der Waals surface area contributed by atoms with E-state index in [2.05, 4.69) is 25.9 Å². The molecule has 0 amide bonds. The van der Waals surface area contributed by atoms with Gasteiger partial charge in [0.15, 0.2) is 0 Å². The summed E-state index contributed by atoms with van der Waals surface area (Å²) in [7, 11) is 0. The van der Waals surface area contributed by atoms with E-state index in [1.807, 2.05) is 24.3 Å². The van der Waals surface area contributed by atoms with Gasteiger partial charge in [0.2, 0.25) is 5.76 Å². The zero-order valence-electron chi connectivity index (χ0n) is 13.8. The fraction of sp³-hybridized carbons (Fsp3) is 0.474. The molecule has 1 aromatic heterocycles.